The third-order valence-electron chi connectivity index (χ3n) is 3.34. The first-order valence-electron chi connectivity index (χ1n) is 8.29. The predicted molar refractivity (Wildman–Crippen MR) is 83.7 cm³/mol. The van der Waals surface area contributed by atoms with Crippen LogP contribution in [0.3, 0.4) is 0 Å². The molecule has 0 bridgehead atoms. The predicted octanol–water partition coefficient (Wildman–Crippen LogP) is 2.47. The first-order valence-corrected chi connectivity index (χ1v) is 8.29. The molecule has 0 amide bonds. The topological polar surface area (TPSA) is 54.9 Å². The second-order valence-electron chi connectivity index (χ2n) is 5.47. The lowest BCUT2D eigenvalue weighted by Gasteiger charge is -2.12. The van der Waals surface area contributed by atoms with E-state index in [9.17, 15) is 13.2 Å². The van der Waals surface area contributed by atoms with E-state index in [1.165, 1.54) is 0 Å². The first-order chi connectivity index (χ1) is 11.0. The quantitative estimate of drug-likeness (QED) is 0.365. The van der Waals surface area contributed by atoms with Crippen LogP contribution in [0.2, 0.25) is 0 Å². The van der Waals surface area contributed by atoms with Crippen molar-refractivity contribution in [3.8, 4) is 0 Å². The lowest BCUT2D eigenvalue weighted by Crippen LogP contribution is -2.38. The second-order valence-corrected chi connectivity index (χ2v) is 5.47. The summed E-state index contributed by atoms with van der Waals surface area (Å²) in [7, 11) is 0. The molecule has 1 aliphatic heterocycles. The van der Waals surface area contributed by atoms with Crippen LogP contribution in [-0.4, -0.2) is 57.7 Å². The Bertz CT molecular complexity index is 332. The Hall–Kier alpha value is -1.02. The highest BCUT2D eigenvalue weighted by molar-refractivity contribution is 5.79. The lowest BCUT2D eigenvalue weighted by molar-refractivity contribution is -0.135. The van der Waals surface area contributed by atoms with E-state index in [2.05, 4.69) is 15.6 Å². The molecule has 1 atom stereocenters. The highest BCUT2D eigenvalue weighted by Gasteiger charge is 2.25. The van der Waals surface area contributed by atoms with Crippen LogP contribution in [0.4, 0.5) is 13.2 Å². The smallest absolute Gasteiger partial charge is 0.379 e. The van der Waals surface area contributed by atoms with E-state index in [1.807, 2.05) is 6.92 Å². The van der Waals surface area contributed by atoms with Crippen LogP contribution in [0.15, 0.2) is 4.99 Å². The molecule has 0 aromatic rings. The molecule has 1 aliphatic rings. The van der Waals surface area contributed by atoms with Crippen LogP contribution in [0.1, 0.15) is 39.0 Å². The van der Waals surface area contributed by atoms with Gasteiger partial charge in [-0.05, 0) is 32.6 Å². The van der Waals surface area contributed by atoms with Gasteiger partial charge in [0.05, 0.1) is 12.7 Å². The van der Waals surface area contributed by atoms with Gasteiger partial charge in [-0.1, -0.05) is 0 Å². The fraction of sp³-hybridized carbons (Fsp3) is 0.933. The monoisotopic (exact) mass is 339 g/mol. The van der Waals surface area contributed by atoms with Crippen molar-refractivity contribution in [1.82, 2.24) is 10.6 Å². The summed E-state index contributed by atoms with van der Waals surface area (Å²) in [6, 6.07) is 0. The van der Waals surface area contributed by atoms with Crippen molar-refractivity contribution < 1.29 is 22.6 Å². The molecule has 136 valence electrons. The van der Waals surface area contributed by atoms with Crippen molar-refractivity contribution in [3.63, 3.8) is 0 Å². The van der Waals surface area contributed by atoms with Crippen molar-refractivity contribution in [2.75, 3.05) is 39.5 Å². The highest BCUT2D eigenvalue weighted by atomic mass is 19.4. The van der Waals surface area contributed by atoms with Crippen LogP contribution < -0.4 is 10.6 Å². The molecule has 0 spiro atoms. The van der Waals surface area contributed by atoms with E-state index in [1.54, 1.807) is 0 Å². The second kappa shape index (κ2) is 11.5. The molecule has 0 radical (unpaired) electrons. The molecular formula is C15H28F3N3O2. The minimum absolute atomic E-state index is 0.132. The number of unbranched alkanes of at least 4 members (excludes halogenated alkanes) is 1. The molecule has 0 aliphatic carbocycles. The Morgan fingerprint density at radius 1 is 1.26 bits per heavy atom. The Morgan fingerprint density at radius 3 is 2.74 bits per heavy atom. The molecule has 1 rings (SSSR count). The molecule has 2 N–H and O–H groups in total. The maximum atomic E-state index is 12.0. The zero-order valence-electron chi connectivity index (χ0n) is 13.8. The Labute approximate surface area is 136 Å². The molecule has 5 nitrogen and oxygen atoms in total. The van der Waals surface area contributed by atoms with Crippen molar-refractivity contribution in [1.29, 1.82) is 0 Å². The summed E-state index contributed by atoms with van der Waals surface area (Å²) in [4.78, 5) is 4.38. The van der Waals surface area contributed by atoms with Crippen molar-refractivity contribution in [3.05, 3.63) is 0 Å². The number of ether oxygens (including phenoxy) is 2. The van der Waals surface area contributed by atoms with Gasteiger partial charge in [-0.15, -0.1) is 0 Å². The van der Waals surface area contributed by atoms with Crippen LogP contribution in [-0.2, 0) is 9.47 Å². The van der Waals surface area contributed by atoms with Crippen LogP contribution >= 0.6 is 0 Å². The number of halogens is 3. The lowest BCUT2D eigenvalue weighted by atomic mass is 10.2. The normalized spacial score (nSPS) is 19.1. The molecule has 8 heteroatoms. The minimum Gasteiger partial charge on any atom is -0.379 e. The summed E-state index contributed by atoms with van der Waals surface area (Å²) in [6.45, 7) is 5.84. The molecule has 0 aromatic heterocycles. The van der Waals surface area contributed by atoms with Crippen LogP contribution in [0, 0.1) is 0 Å². The third-order valence-corrected chi connectivity index (χ3v) is 3.34. The van der Waals surface area contributed by atoms with Gasteiger partial charge in [0.15, 0.2) is 5.96 Å². The van der Waals surface area contributed by atoms with Crippen molar-refractivity contribution in [2.45, 2.75) is 51.3 Å². The van der Waals surface area contributed by atoms with E-state index < -0.39 is 12.6 Å². The average Bonchev–Trinajstić information content (AvgIpc) is 2.98. The number of guanidine groups is 1. The van der Waals surface area contributed by atoms with Gasteiger partial charge in [0.25, 0.3) is 0 Å². The van der Waals surface area contributed by atoms with E-state index >= 15 is 0 Å². The summed E-state index contributed by atoms with van der Waals surface area (Å²) in [5.41, 5.74) is 0. The van der Waals surface area contributed by atoms with Gasteiger partial charge in [0, 0.05) is 39.3 Å². The molecule has 1 unspecified atom stereocenters. The Morgan fingerprint density at radius 2 is 2.09 bits per heavy atom. The van der Waals surface area contributed by atoms with E-state index in [0.29, 0.717) is 45.2 Å². The van der Waals surface area contributed by atoms with Gasteiger partial charge in [-0.2, -0.15) is 13.2 Å². The number of rotatable bonds is 10. The standard InChI is InChI=1S/C15H28F3N3O2/c1-2-19-14(20-8-4-3-7-15(16,17)18)21-9-5-10-23-13-6-11-22-12-13/h13H,2-12H2,1H3,(H2,19,20,21). The largest absolute Gasteiger partial charge is 0.389 e. The number of hydrogen-bond donors (Lipinski definition) is 2. The van der Waals surface area contributed by atoms with Gasteiger partial charge in [0.1, 0.15) is 0 Å². The zero-order chi connectivity index (χ0) is 17.0. The molecule has 23 heavy (non-hydrogen) atoms. The fourth-order valence-electron chi connectivity index (χ4n) is 2.15. The summed E-state index contributed by atoms with van der Waals surface area (Å²) in [5.74, 6) is 0.642. The fourth-order valence-corrected chi connectivity index (χ4v) is 2.15. The van der Waals surface area contributed by atoms with Crippen LogP contribution in [0.5, 0.6) is 0 Å². The number of hydrogen-bond acceptors (Lipinski definition) is 3. The van der Waals surface area contributed by atoms with Gasteiger partial charge in [0.2, 0.25) is 0 Å². The Balaban J connectivity index is 2.09. The van der Waals surface area contributed by atoms with Gasteiger partial charge >= 0.3 is 6.18 Å². The minimum atomic E-state index is -4.07. The summed E-state index contributed by atoms with van der Waals surface area (Å²) in [6.07, 6.45) is -2.24. The summed E-state index contributed by atoms with van der Waals surface area (Å²) < 4.78 is 47.0. The molecule has 1 saturated heterocycles. The number of nitrogens with zero attached hydrogens (tertiary/aromatic N) is 1. The molecular weight excluding hydrogens is 311 g/mol. The molecule has 1 heterocycles. The zero-order valence-corrected chi connectivity index (χ0v) is 13.8. The van der Waals surface area contributed by atoms with Crippen molar-refractivity contribution in [2.24, 2.45) is 4.99 Å². The van der Waals surface area contributed by atoms with Gasteiger partial charge in [-0.25, -0.2) is 0 Å². The maximum absolute atomic E-state index is 12.0. The van der Waals surface area contributed by atoms with Gasteiger partial charge in [-0.3, -0.25) is 4.99 Å². The summed E-state index contributed by atoms with van der Waals surface area (Å²) >= 11 is 0. The molecule has 0 saturated carbocycles. The van der Waals surface area contributed by atoms with E-state index in [4.69, 9.17) is 9.47 Å². The van der Waals surface area contributed by atoms with Crippen LogP contribution in [0.25, 0.3) is 0 Å². The molecule has 0 aromatic carbocycles. The van der Waals surface area contributed by atoms with E-state index in [-0.39, 0.29) is 12.5 Å². The number of aliphatic imine (C=N–C) groups is 1. The Kier molecular flexibility index (Phi) is 10.0. The van der Waals surface area contributed by atoms with Crippen molar-refractivity contribution >= 4 is 5.96 Å². The highest BCUT2D eigenvalue weighted by Crippen LogP contribution is 2.21. The average molecular weight is 339 g/mol. The summed E-state index contributed by atoms with van der Waals surface area (Å²) in [5, 5.41) is 6.13. The van der Waals surface area contributed by atoms with E-state index in [0.717, 1.165) is 19.4 Å². The number of nitrogens with one attached hydrogen (secondary N) is 2. The van der Waals surface area contributed by atoms with Gasteiger partial charge < -0.3 is 20.1 Å². The first kappa shape index (κ1) is 20.0. The number of alkyl halides is 3. The molecule has 1 fully saturated rings. The third kappa shape index (κ3) is 11.2. The SMILES string of the molecule is CCNC(=NCCCOC1CCOC1)NCCCCC(F)(F)F. The maximum Gasteiger partial charge on any atom is 0.389 e.